The fraction of sp³-hybridized carbons (Fsp3) is 0.633. The first kappa shape index (κ1) is 23.7. The van der Waals surface area contributed by atoms with Crippen molar-refractivity contribution in [2.24, 2.45) is 51.8 Å². The number of benzene rings is 1. The molecule has 3 saturated carbocycles. The summed E-state index contributed by atoms with van der Waals surface area (Å²) in [7, 11) is 0. The molecule has 1 aromatic carbocycles. The topological polar surface area (TPSA) is 94.9 Å². The number of carbonyl (C=O) groups excluding carboxylic acids is 2. The van der Waals surface area contributed by atoms with E-state index in [1.165, 1.54) is 16.5 Å². The molecule has 5 aliphatic carbocycles. The third-order valence-corrected chi connectivity index (χ3v) is 11.2. The molecule has 8 atom stereocenters. The van der Waals surface area contributed by atoms with E-state index in [9.17, 15) is 24.6 Å². The summed E-state index contributed by atoms with van der Waals surface area (Å²) in [6.45, 7) is 8.58. The molecule has 6 heteroatoms. The second kappa shape index (κ2) is 7.45. The summed E-state index contributed by atoms with van der Waals surface area (Å²) in [6, 6.07) is 6.43. The van der Waals surface area contributed by atoms with Crippen LogP contribution in [-0.2, 0) is 14.4 Å². The van der Waals surface area contributed by atoms with E-state index in [0.29, 0.717) is 12.1 Å². The number of hydrogen-bond acceptors (Lipinski definition) is 4. The summed E-state index contributed by atoms with van der Waals surface area (Å²) in [5.41, 5.74) is 0.366. The molecular weight excluding hydrogens is 454 g/mol. The highest BCUT2D eigenvalue weighted by Gasteiger charge is 2.73. The third kappa shape index (κ3) is 2.76. The minimum atomic E-state index is -0.752. The molecule has 2 bridgehead atoms. The van der Waals surface area contributed by atoms with Crippen molar-refractivity contribution in [3.05, 3.63) is 35.9 Å². The number of hydrogen-bond donors (Lipinski definition) is 2. The minimum absolute atomic E-state index is 0.00535. The Hall–Kier alpha value is -2.63. The van der Waals surface area contributed by atoms with Gasteiger partial charge in [-0.2, -0.15) is 0 Å². The van der Waals surface area contributed by atoms with Crippen LogP contribution < -0.4 is 4.90 Å². The van der Waals surface area contributed by atoms with Gasteiger partial charge < -0.3 is 10.2 Å². The van der Waals surface area contributed by atoms with Crippen LogP contribution in [0.4, 0.5) is 5.69 Å². The van der Waals surface area contributed by atoms with Crippen LogP contribution in [0.3, 0.4) is 0 Å². The summed E-state index contributed by atoms with van der Waals surface area (Å²) in [5, 5.41) is 20.3. The number of imide groups is 1. The molecule has 6 aliphatic rings. The maximum atomic E-state index is 14.2. The molecular formula is C30H37NO5. The van der Waals surface area contributed by atoms with E-state index in [4.69, 9.17) is 0 Å². The molecule has 0 aromatic heterocycles. The Bertz CT molecular complexity index is 1200. The smallest absolute Gasteiger partial charge is 0.309 e. The van der Waals surface area contributed by atoms with Gasteiger partial charge in [0.05, 0.1) is 22.9 Å². The van der Waals surface area contributed by atoms with Crippen LogP contribution in [0.1, 0.15) is 66.2 Å². The quantitative estimate of drug-likeness (QED) is 0.436. The van der Waals surface area contributed by atoms with Gasteiger partial charge in [0.15, 0.2) is 0 Å². The lowest BCUT2D eigenvalue weighted by Gasteiger charge is -2.68. The second-order valence-electron chi connectivity index (χ2n) is 13.0. The number of anilines is 1. The van der Waals surface area contributed by atoms with Gasteiger partial charge in [0.1, 0.15) is 5.75 Å². The predicted molar refractivity (Wildman–Crippen MR) is 135 cm³/mol. The fourth-order valence-electron chi connectivity index (χ4n) is 9.84. The zero-order chi connectivity index (χ0) is 25.8. The molecule has 2 N–H and O–H groups in total. The van der Waals surface area contributed by atoms with Crippen molar-refractivity contribution >= 4 is 23.5 Å². The van der Waals surface area contributed by atoms with Crippen LogP contribution in [0.2, 0.25) is 0 Å². The summed E-state index contributed by atoms with van der Waals surface area (Å²) in [5.74, 6) is -1.24. The fourth-order valence-corrected chi connectivity index (χ4v) is 9.84. The molecule has 2 amide bonds. The van der Waals surface area contributed by atoms with Gasteiger partial charge in [0.2, 0.25) is 11.8 Å². The Morgan fingerprint density at radius 3 is 2.50 bits per heavy atom. The molecule has 4 fully saturated rings. The first-order chi connectivity index (χ1) is 17.0. The van der Waals surface area contributed by atoms with Crippen molar-refractivity contribution in [1.29, 1.82) is 0 Å². The van der Waals surface area contributed by atoms with E-state index in [1.807, 2.05) is 6.92 Å². The lowest BCUT2D eigenvalue weighted by Crippen LogP contribution is -2.65. The van der Waals surface area contributed by atoms with Crippen molar-refractivity contribution < 1.29 is 24.6 Å². The molecule has 1 saturated heterocycles. The zero-order valence-electron chi connectivity index (χ0n) is 21.7. The highest BCUT2D eigenvalue weighted by molar-refractivity contribution is 6.23. The normalized spacial score (nSPS) is 43.2. The van der Waals surface area contributed by atoms with Crippen LogP contribution in [0, 0.1) is 51.8 Å². The molecule has 36 heavy (non-hydrogen) atoms. The monoisotopic (exact) mass is 491 g/mol. The largest absolute Gasteiger partial charge is 0.508 e. The standard InChI is InChI=1S/C30H37NO5/c1-16(2)20-15-30-12-9-21-28(3,10-6-11-29(21,4)27(35)36)22(30)14-19(20)23-24(30)26(34)31(25(23)33)17-7-5-8-18(32)13-17/h5,7-8,13,15-16,19,21-24,32H,6,9-12,14H2,1-4H3,(H,35,36)/t19-,21+,22-,23+,24-,28-,29+,30-/m0/s1. The first-order valence-electron chi connectivity index (χ1n) is 13.6. The number of carboxylic acid groups (broad SMARTS) is 1. The molecule has 1 aromatic rings. The van der Waals surface area contributed by atoms with Crippen molar-refractivity contribution in [2.45, 2.75) is 66.2 Å². The van der Waals surface area contributed by atoms with Gasteiger partial charge >= 0.3 is 5.97 Å². The number of carboxylic acids is 1. The van der Waals surface area contributed by atoms with Crippen molar-refractivity contribution in [3.8, 4) is 5.75 Å². The molecule has 0 radical (unpaired) electrons. The van der Waals surface area contributed by atoms with Crippen LogP contribution >= 0.6 is 0 Å². The van der Waals surface area contributed by atoms with Gasteiger partial charge in [-0.15, -0.1) is 0 Å². The SMILES string of the molecule is CC(C)C1=C[C@@]23CC[C@@H]4[C@](C)(CCC[C@@]4(C)C(=O)O)[C@@H]2C[C@@H]1[C@H]1C(=O)N(c2cccc(O)c2)C(=O)[C@H]13. The van der Waals surface area contributed by atoms with Crippen LogP contribution in [0.5, 0.6) is 5.75 Å². The molecule has 1 aliphatic heterocycles. The molecule has 1 spiro atoms. The van der Waals surface area contributed by atoms with Crippen LogP contribution in [0.25, 0.3) is 0 Å². The lowest BCUT2D eigenvalue weighted by atomic mass is 9.34. The average molecular weight is 492 g/mol. The second-order valence-corrected chi connectivity index (χ2v) is 13.0. The van der Waals surface area contributed by atoms with Gasteiger partial charge in [-0.25, -0.2) is 4.90 Å². The highest BCUT2D eigenvalue weighted by Crippen LogP contribution is 2.74. The molecule has 7 rings (SSSR count). The number of carbonyl (C=O) groups is 3. The average Bonchev–Trinajstić information content (AvgIpc) is 3.10. The predicted octanol–water partition coefficient (Wildman–Crippen LogP) is 5.41. The van der Waals surface area contributed by atoms with Gasteiger partial charge in [-0.1, -0.05) is 44.9 Å². The van der Waals surface area contributed by atoms with Crippen molar-refractivity contribution in [3.63, 3.8) is 0 Å². The number of aliphatic carboxylic acids is 1. The Morgan fingerprint density at radius 1 is 1.08 bits per heavy atom. The third-order valence-electron chi connectivity index (χ3n) is 11.2. The number of aromatic hydroxyl groups is 1. The Labute approximate surface area is 212 Å². The summed E-state index contributed by atoms with van der Waals surface area (Å²) in [6.07, 6.45) is 7.30. The van der Waals surface area contributed by atoms with E-state index in [2.05, 4.69) is 26.8 Å². The maximum absolute atomic E-state index is 14.2. The molecule has 192 valence electrons. The van der Waals surface area contributed by atoms with E-state index in [0.717, 1.165) is 32.1 Å². The summed E-state index contributed by atoms with van der Waals surface area (Å²) >= 11 is 0. The summed E-state index contributed by atoms with van der Waals surface area (Å²) < 4.78 is 0. The minimum Gasteiger partial charge on any atom is -0.508 e. The number of fused-ring (bicyclic) bond motifs is 1. The van der Waals surface area contributed by atoms with E-state index in [-0.39, 0.29) is 52.6 Å². The van der Waals surface area contributed by atoms with E-state index in [1.54, 1.807) is 18.2 Å². The Kier molecular flexibility index (Phi) is 4.92. The van der Waals surface area contributed by atoms with Gasteiger partial charge in [-0.05, 0) is 80.2 Å². The molecule has 0 unspecified atom stereocenters. The van der Waals surface area contributed by atoms with Crippen molar-refractivity contribution in [2.75, 3.05) is 4.90 Å². The highest BCUT2D eigenvalue weighted by atomic mass is 16.4. The number of allylic oxidation sites excluding steroid dienone is 2. The van der Waals surface area contributed by atoms with Gasteiger partial charge in [-0.3, -0.25) is 14.4 Å². The Balaban J connectivity index is 1.50. The number of phenolic OH excluding ortho intramolecular Hbond substituents is 1. The van der Waals surface area contributed by atoms with E-state index < -0.39 is 22.7 Å². The van der Waals surface area contributed by atoms with E-state index >= 15 is 0 Å². The van der Waals surface area contributed by atoms with Gasteiger partial charge in [0, 0.05) is 11.5 Å². The number of phenols is 1. The number of nitrogens with zero attached hydrogens (tertiary/aromatic N) is 1. The van der Waals surface area contributed by atoms with Crippen molar-refractivity contribution in [1.82, 2.24) is 0 Å². The van der Waals surface area contributed by atoms with Crippen LogP contribution in [0.15, 0.2) is 35.9 Å². The van der Waals surface area contributed by atoms with Gasteiger partial charge in [0.25, 0.3) is 0 Å². The molecule has 6 nitrogen and oxygen atoms in total. The number of rotatable bonds is 3. The molecule has 1 heterocycles. The zero-order valence-corrected chi connectivity index (χ0v) is 21.7. The van der Waals surface area contributed by atoms with Crippen LogP contribution in [-0.4, -0.2) is 28.0 Å². The summed E-state index contributed by atoms with van der Waals surface area (Å²) in [4.78, 5) is 42.0. The first-order valence-corrected chi connectivity index (χ1v) is 13.6. The Morgan fingerprint density at radius 2 is 1.83 bits per heavy atom. The number of amides is 2. The maximum Gasteiger partial charge on any atom is 0.309 e. The lowest BCUT2D eigenvalue weighted by molar-refractivity contribution is -0.194.